The first kappa shape index (κ1) is 83.8. The lowest BCUT2D eigenvalue weighted by Crippen LogP contribution is -2.70. The average Bonchev–Trinajstić information content (AvgIpc) is 1.64. The van der Waals surface area contributed by atoms with Gasteiger partial charge in [0.2, 0.25) is 17.7 Å². The number of anilines is 2. The minimum atomic E-state index is -3.73. The number of carbonyl (C=O) groups is 1. The molecule has 36 heteroatoms. The molecule has 10 heterocycles. The Morgan fingerprint density at radius 3 is 1.76 bits per heavy atom. The van der Waals surface area contributed by atoms with Crippen LogP contribution in [-0.4, -0.2) is 206 Å². The minimum Gasteiger partial charge on any atom is -0.394 e. The Balaban J connectivity index is 0.000000567. The molecule has 7 fully saturated rings. The van der Waals surface area contributed by atoms with Gasteiger partial charge in [-0.3, -0.25) is 30.0 Å². The molecule has 0 bridgehead atoms. The van der Waals surface area contributed by atoms with E-state index in [1.165, 1.54) is 17.8 Å². The van der Waals surface area contributed by atoms with E-state index < -0.39 is 134 Å². The van der Waals surface area contributed by atoms with Gasteiger partial charge in [0.1, 0.15) is 48.0 Å². The van der Waals surface area contributed by atoms with Crippen LogP contribution in [0, 0.1) is 17.7 Å². The van der Waals surface area contributed by atoms with E-state index in [-0.39, 0.29) is 60.9 Å². The number of nitrogen functional groups attached to an aromatic ring is 2. The molecule has 0 aromatic carbocycles. The van der Waals surface area contributed by atoms with Crippen molar-refractivity contribution in [2.75, 3.05) is 37.9 Å². The maximum absolute atomic E-state index is 14.0. The molecule has 9 unspecified atom stereocenters. The summed E-state index contributed by atoms with van der Waals surface area (Å²) in [5.41, 5.74) is 21.4. The fourth-order valence-corrected chi connectivity index (χ4v) is 10.2. The van der Waals surface area contributed by atoms with Crippen LogP contribution in [0.15, 0.2) is 17.3 Å². The first-order valence-electron chi connectivity index (χ1n) is 30.5. The highest BCUT2D eigenvalue weighted by Crippen LogP contribution is 2.44. The number of aromatic nitrogens is 6. The number of hydrogen-bond acceptors (Lipinski definition) is 23. The molecule has 7 aliphatic rings. The van der Waals surface area contributed by atoms with Gasteiger partial charge in [-0.1, -0.05) is 122 Å². The number of alkyl halides is 7. The maximum Gasteiger partial charge on any atom is 0.352 e. The number of amides is 2. The number of aliphatic hydroxyl groups is 5. The molecule has 3 aromatic heterocycles. The highest BCUT2D eigenvalue weighted by molar-refractivity contribution is 6.28. The molecule has 90 heavy (non-hydrogen) atoms. The number of fused-ring (bicyclic) bond motifs is 2. The van der Waals surface area contributed by atoms with Crippen molar-refractivity contribution < 1.29 is 80.0 Å². The Kier molecular flexibility index (Phi) is 36.2. The number of urea groups is 1. The Morgan fingerprint density at radius 2 is 1.24 bits per heavy atom. The summed E-state index contributed by atoms with van der Waals surface area (Å²) in [5.74, 6) is -9.63. The zero-order valence-electron chi connectivity index (χ0n) is 53.9. The number of imidazole rings is 1. The van der Waals surface area contributed by atoms with Crippen molar-refractivity contribution in [3.8, 4) is 0 Å². The standard InChI is InChI=1S/C11H21ClFN5O2.C11H13ClFN5O2.C10H12F3N3O3.C10H17F2N3O4.6C2H6/c1-4-6(13)5(2-19)20-10(4)18-3-15-7-8(14)16-11(12)17-9(7)18;1-2-4-5(13)7(19)10(20-4)18-3-15-6-8(14)16-11(12)17-9(6)18;1-2-5-6(17)10(12,13)8(19-5)16-3-4(11)7(14)15-9(16)18;1-4-2-15(9(18)14-7(4)13)8-10(11,12)6(17)5(3-16)19-8;6*1-2/h4-11,15-17,19H,2-3,14H2,1H3;3-5,7,10,19H,2H2,1H3,(H2,14,16,17);3,5-6,8,17H,2H2,1H3,(H2,14,15,18);4-8,16-17H,2-3,13H2,1H3,(H,14,18);6*1-2H3/t4-,5+,6-,7+,8+,9+,10?,11-;;;4-,5+,6-,7?,8-;;;;;;/m0..0....../s1/i2*13-1;11-1;;;;;;;. The second kappa shape index (κ2) is 38.8. The lowest BCUT2D eigenvalue weighted by molar-refractivity contribution is -0.159. The molecule has 0 aliphatic carbocycles. The lowest BCUT2D eigenvalue weighted by Gasteiger charge is -2.40. The van der Waals surface area contributed by atoms with Crippen molar-refractivity contribution in [2.45, 2.75) is 246 Å². The van der Waals surface area contributed by atoms with E-state index in [1.807, 2.05) is 88.0 Å². The van der Waals surface area contributed by atoms with Gasteiger partial charge < -0.3 is 72.7 Å². The maximum atomic E-state index is 14.0. The summed E-state index contributed by atoms with van der Waals surface area (Å²) in [7, 11) is 0. The van der Waals surface area contributed by atoms with E-state index in [0.717, 1.165) is 4.90 Å². The number of nitrogens with zero attached hydrogens (tertiary/aromatic N) is 8. The van der Waals surface area contributed by atoms with E-state index in [4.69, 9.17) is 75.3 Å². The third-order valence-corrected chi connectivity index (χ3v) is 14.6. The first-order valence-corrected chi connectivity index (χ1v) is 31.3. The van der Waals surface area contributed by atoms with Crippen LogP contribution in [0.2, 0.25) is 5.28 Å². The number of nitrogens with one attached hydrogen (secondary N) is 4. The second-order valence-electron chi connectivity index (χ2n) is 19.4. The summed E-state index contributed by atoms with van der Waals surface area (Å²) in [5, 5.41) is 58.6. The summed E-state index contributed by atoms with van der Waals surface area (Å²) in [4.78, 5) is 40.9. The Hall–Kier alpha value is -4.21. The van der Waals surface area contributed by atoms with Crippen molar-refractivity contribution in [3.63, 3.8) is 0 Å². The number of halogens is 9. The molecule has 0 spiro atoms. The summed E-state index contributed by atoms with van der Waals surface area (Å²) in [6, 6.07) is -0.812. The summed E-state index contributed by atoms with van der Waals surface area (Å²) in [6.07, 6.45) is -16.1. The van der Waals surface area contributed by atoms with Crippen molar-refractivity contribution in [3.05, 3.63) is 34.1 Å². The molecule has 0 saturated carbocycles. The molecule has 20 atom stereocenters. The van der Waals surface area contributed by atoms with Gasteiger partial charge in [-0.15, -0.1) is 0 Å². The van der Waals surface area contributed by atoms with Crippen LogP contribution in [0.25, 0.3) is 11.2 Å². The molecule has 0 radical (unpaired) electrons. The minimum absolute atomic E-state index is 0.0157. The number of aliphatic hydroxyl groups excluding tert-OH is 5. The van der Waals surface area contributed by atoms with E-state index in [0.29, 0.717) is 35.0 Å². The quantitative estimate of drug-likeness (QED) is 0.0644. The van der Waals surface area contributed by atoms with Gasteiger partial charge in [0, 0.05) is 18.4 Å². The number of rotatable bonds is 8. The summed E-state index contributed by atoms with van der Waals surface area (Å²) in [6.45, 7) is 30.3. The van der Waals surface area contributed by atoms with Crippen LogP contribution in [0.5, 0.6) is 0 Å². The largest absolute Gasteiger partial charge is 0.394 e. The number of hydrogen-bond donors (Lipinski definition) is 13. The van der Waals surface area contributed by atoms with Crippen LogP contribution in [0.4, 0.5) is 47.2 Å². The van der Waals surface area contributed by atoms with E-state index >= 15 is 0 Å². The Labute approximate surface area is 531 Å². The van der Waals surface area contributed by atoms with E-state index in [1.54, 1.807) is 20.8 Å². The normalized spacial score (nSPS) is 34.1. The molecule has 27 nitrogen and oxygen atoms in total. The van der Waals surface area contributed by atoms with Gasteiger partial charge in [0.25, 0.3) is 0 Å². The van der Waals surface area contributed by atoms with Gasteiger partial charge in [-0.2, -0.15) is 32.5 Å². The van der Waals surface area contributed by atoms with Gasteiger partial charge in [-0.25, -0.2) is 32.6 Å². The number of nitrogens with two attached hydrogens (primary N) is 4. The third-order valence-electron chi connectivity index (χ3n) is 14.2. The van der Waals surface area contributed by atoms with Crippen LogP contribution in [0.1, 0.15) is 136 Å². The molecular weight excluding hydrogens is 1250 g/mol. The van der Waals surface area contributed by atoms with Crippen LogP contribution in [-0.2, 0) is 18.9 Å². The summed E-state index contributed by atoms with van der Waals surface area (Å²) < 4.78 is 119. The number of carbonyl (C=O) groups excluding carboxylic acids is 1. The fraction of sp³-hybridized carbons (Fsp3) is 0.815. The van der Waals surface area contributed by atoms with Crippen molar-refractivity contribution >= 4 is 52.0 Å². The van der Waals surface area contributed by atoms with Crippen molar-refractivity contribution in [2.24, 2.45) is 23.3 Å². The zero-order chi connectivity index (χ0) is 69.6. The van der Waals surface area contributed by atoms with Crippen LogP contribution in [0.3, 0.4) is 0 Å². The highest BCUT2D eigenvalue weighted by Gasteiger charge is 2.62. The fourth-order valence-electron chi connectivity index (χ4n) is 9.77. The molecule has 2 amide bonds. The monoisotopic (exact) mass is 1350 g/mol. The van der Waals surface area contributed by atoms with Gasteiger partial charge in [-0.05, 0) is 24.4 Å². The van der Waals surface area contributed by atoms with Crippen molar-refractivity contribution in [1.82, 2.24) is 60.1 Å². The highest BCUT2D eigenvalue weighted by atomic mass is 35.5. The van der Waals surface area contributed by atoms with Gasteiger partial charge in [0.05, 0.1) is 69.2 Å². The molecule has 7 saturated heterocycles. The molecular formula is C54H99Cl2F7N16O11. The third kappa shape index (κ3) is 19.0. The zero-order valence-corrected chi connectivity index (χ0v) is 55.4. The number of ether oxygens (including phenoxy) is 4. The molecule has 17 N–H and O–H groups in total. The van der Waals surface area contributed by atoms with E-state index in [9.17, 15) is 55.6 Å². The predicted molar refractivity (Wildman–Crippen MR) is 326 cm³/mol. The SMILES string of the molecule is CC.CC.CC.CC.CC.CC.CCC1OC(n2cc([18F])c(N)nc2=O)C(F)(F)C1O.CCC1OC(n2cnc3c(N)nc(Cl)nc32)C(O)C1[18F].C[C@@H]1C(N2CN[C@@H]3[C@H](N)N[C@H](Cl)N[C@@H]32)O[C@H](CO)[C@H]1[18F].C[C@H]1CN([C@H]2O[C@H](CO)[C@H](O)C2(F)F)C(=O)NC1N. The van der Waals surface area contributed by atoms with Crippen LogP contribution < -0.4 is 49.9 Å². The average molecular weight is 1350 g/mol. The van der Waals surface area contributed by atoms with Crippen LogP contribution >= 0.6 is 23.2 Å². The summed E-state index contributed by atoms with van der Waals surface area (Å²) >= 11 is 11.8. The topological polar surface area (TPSA) is 392 Å². The molecule has 3 aromatic rings. The second-order valence-corrected chi connectivity index (χ2v) is 20.2. The Morgan fingerprint density at radius 1 is 0.711 bits per heavy atom. The molecule has 10 rings (SSSR count). The molecule has 7 aliphatic heterocycles. The Bertz CT molecular complexity index is 2630. The van der Waals surface area contributed by atoms with Crippen molar-refractivity contribution in [1.29, 1.82) is 0 Å². The molecule has 524 valence electrons. The first-order chi connectivity index (χ1) is 42.6. The predicted octanol–water partition coefficient (Wildman–Crippen LogP) is 4.37. The lowest BCUT2D eigenvalue weighted by atomic mass is 10.0. The van der Waals surface area contributed by atoms with Gasteiger partial charge in [0.15, 0.2) is 41.6 Å². The van der Waals surface area contributed by atoms with E-state index in [2.05, 4.69) is 41.2 Å². The van der Waals surface area contributed by atoms with Gasteiger partial charge >= 0.3 is 23.6 Å². The smallest absolute Gasteiger partial charge is 0.352 e.